The van der Waals surface area contributed by atoms with Gasteiger partial charge in [-0.3, -0.25) is 9.78 Å². The van der Waals surface area contributed by atoms with Crippen LogP contribution < -0.4 is 16.0 Å². The molecule has 5 rings (SSSR count). The zero-order valence-corrected chi connectivity index (χ0v) is 31.1. The number of hydrogen-bond donors (Lipinski definition) is 3. The van der Waals surface area contributed by atoms with Gasteiger partial charge in [0.05, 0.1) is 34.2 Å². The number of rotatable bonds is 19. The zero-order chi connectivity index (χ0) is 36.0. The van der Waals surface area contributed by atoms with Crippen molar-refractivity contribution in [2.75, 3.05) is 13.7 Å². The SMILES string of the molecule is COC[C@H](NC(=O)N(Cc1csc(C(C)C)n1)C1CC1)C(=O)N[C@H](CC[C@H](Cc1ccccc1)NC(=O)OCc1cncs1)Cc1ccccc1. The average Bonchev–Trinajstić information content (AvgIpc) is 3.60. The van der Waals surface area contributed by atoms with Crippen LogP contribution in [0, 0.1) is 0 Å². The Morgan fingerprint density at radius 3 is 2.10 bits per heavy atom. The van der Waals surface area contributed by atoms with Crippen molar-refractivity contribution >= 4 is 40.7 Å². The Morgan fingerprint density at radius 1 is 0.902 bits per heavy atom. The first-order chi connectivity index (χ1) is 24.8. The van der Waals surface area contributed by atoms with Gasteiger partial charge in [0.1, 0.15) is 12.6 Å². The maximum Gasteiger partial charge on any atom is 0.407 e. The van der Waals surface area contributed by atoms with Crippen molar-refractivity contribution in [1.29, 1.82) is 0 Å². The van der Waals surface area contributed by atoms with Gasteiger partial charge >= 0.3 is 12.1 Å². The van der Waals surface area contributed by atoms with Crippen LogP contribution in [0.1, 0.15) is 72.2 Å². The monoisotopic (exact) mass is 732 g/mol. The third-order valence-corrected chi connectivity index (χ3v) is 10.5. The number of carbonyl (C=O) groups is 3. The van der Waals surface area contributed by atoms with Gasteiger partial charge in [0, 0.05) is 42.7 Å². The summed E-state index contributed by atoms with van der Waals surface area (Å²) in [4.78, 5) is 51.9. The normalized spacial score (nSPS) is 14.4. The lowest BCUT2D eigenvalue weighted by molar-refractivity contribution is -0.125. The smallest absolute Gasteiger partial charge is 0.407 e. The van der Waals surface area contributed by atoms with Crippen LogP contribution in [0.3, 0.4) is 0 Å². The molecule has 4 aromatic rings. The second-order valence-corrected chi connectivity index (χ2v) is 15.1. The molecule has 0 spiro atoms. The Balaban J connectivity index is 1.25. The standard InChI is InChI=1S/C38H48N6O5S2/c1-26(2)36-41-31(24-50-36)21-44(32-16-17-32)37(46)43-34(23-48-3)35(45)40-29(18-27-10-6-4-7-11-27)14-15-30(19-28-12-8-5-9-13-28)42-38(47)49-22-33-20-39-25-51-33/h4-13,20,24-26,29-30,32,34H,14-19,21-23H2,1-3H3,(H,40,45)(H,42,47)(H,43,46)/t29-,30-,34+/m1/s1. The lowest BCUT2D eigenvalue weighted by Crippen LogP contribution is -2.55. The van der Waals surface area contributed by atoms with Crippen molar-refractivity contribution < 1.29 is 23.9 Å². The van der Waals surface area contributed by atoms with Crippen molar-refractivity contribution in [3.63, 3.8) is 0 Å². The van der Waals surface area contributed by atoms with Gasteiger partial charge in [0.25, 0.3) is 0 Å². The van der Waals surface area contributed by atoms with Gasteiger partial charge in [-0.25, -0.2) is 14.6 Å². The van der Waals surface area contributed by atoms with Gasteiger partial charge in [-0.1, -0.05) is 74.5 Å². The minimum atomic E-state index is -0.899. The Morgan fingerprint density at radius 2 is 1.55 bits per heavy atom. The van der Waals surface area contributed by atoms with Crippen molar-refractivity contribution in [2.24, 2.45) is 0 Å². The fraction of sp³-hybridized carbons (Fsp3) is 0.447. The molecular formula is C38H48N6O5S2. The molecule has 2 heterocycles. The molecule has 0 bridgehead atoms. The predicted octanol–water partition coefficient (Wildman–Crippen LogP) is 6.46. The number of aromatic nitrogens is 2. The molecule has 1 aliphatic carbocycles. The van der Waals surface area contributed by atoms with E-state index in [4.69, 9.17) is 14.5 Å². The molecule has 2 aromatic heterocycles. The van der Waals surface area contributed by atoms with Gasteiger partial charge in [-0.2, -0.15) is 0 Å². The van der Waals surface area contributed by atoms with Crippen LogP contribution in [0.5, 0.6) is 0 Å². The number of ether oxygens (including phenoxy) is 2. The Hall–Kier alpha value is -4.33. The van der Waals surface area contributed by atoms with E-state index in [0.29, 0.717) is 38.1 Å². The van der Waals surface area contributed by atoms with E-state index < -0.39 is 12.1 Å². The third kappa shape index (κ3) is 12.4. The molecule has 2 aromatic carbocycles. The van der Waals surface area contributed by atoms with E-state index in [9.17, 15) is 14.4 Å². The lowest BCUT2D eigenvalue weighted by atomic mass is 9.96. The van der Waals surface area contributed by atoms with Crippen molar-refractivity contribution in [1.82, 2.24) is 30.8 Å². The number of methoxy groups -OCH3 is 1. The molecule has 1 fully saturated rings. The summed E-state index contributed by atoms with van der Waals surface area (Å²) < 4.78 is 10.9. The van der Waals surface area contributed by atoms with Crippen LogP contribution in [-0.2, 0) is 40.3 Å². The summed E-state index contributed by atoms with van der Waals surface area (Å²) in [5.74, 6) is -0.00729. The molecule has 4 amide bonds. The topological polar surface area (TPSA) is 135 Å². The van der Waals surface area contributed by atoms with Crippen molar-refractivity contribution in [3.05, 3.63) is 104 Å². The highest BCUT2D eigenvalue weighted by atomic mass is 32.1. The van der Waals surface area contributed by atoms with Crippen LogP contribution in [0.15, 0.2) is 77.8 Å². The molecule has 3 atom stereocenters. The number of hydrogen-bond acceptors (Lipinski definition) is 9. The number of nitrogens with one attached hydrogen (secondary N) is 3. The molecule has 0 aliphatic heterocycles. The summed E-state index contributed by atoms with van der Waals surface area (Å²) in [5, 5.41) is 12.3. The number of alkyl carbamates (subject to hydrolysis) is 1. The number of nitrogens with zero attached hydrogens (tertiary/aromatic N) is 3. The van der Waals surface area contributed by atoms with E-state index >= 15 is 0 Å². The molecule has 0 saturated heterocycles. The second kappa shape index (κ2) is 19.3. The summed E-state index contributed by atoms with van der Waals surface area (Å²) in [6, 6.07) is 18.3. The average molecular weight is 733 g/mol. The molecule has 1 saturated carbocycles. The van der Waals surface area contributed by atoms with E-state index in [-0.39, 0.29) is 43.3 Å². The van der Waals surface area contributed by atoms with Crippen LogP contribution in [-0.4, -0.2) is 70.8 Å². The van der Waals surface area contributed by atoms with Gasteiger partial charge in [0.2, 0.25) is 5.91 Å². The Labute approximate surface area is 308 Å². The van der Waals surface area contributed by atoms with E-state index in [1.165, 1.54) is 18.4 Å². The first-order valence-corrected chi connectivity index (χ1v) is 19.2. The maximum absolute atomic E-state index is 13.9. The Bertz CT molecular complexity index is 1650. The van der Waals surface area contributed by atoms with Gasteiger partial charge in [0.15, 0.2) is 0 Å². The van der Waals surface area contributed by atoms with Gasteiger partial charge in [-0.15, -0.1) is 22.7 Å². The molecule has 0 radical (unpaired) electrons. The molecule has 51 heavy (non-hydrogen) atoms. The first kappa shape index (κ1) is 37.9. The summed E-state index contributed by atoms with van der Waals surface area (Å²) >= 11 is 3.03. The highest BCUT2D eigenvalue weighted by Crippen LogP contribution is 2.29. The van der Waals surface area contributed by atoms with Crippen molar-refractivity contribution in [2.45, 2.75) is 95.6 Å². The molecule has 3 N–H and O–H groups in total. The first-order valence-electron chi connectivity index (χ1n) is 17.5. The largest absolute Gasteiger partial charge is 0.444 e. The van der Waals surface area contributed by atoms with Crippen LogP contribution in [0.25, 0.3) is 0 Å². The summed E-state index contributed by atoms with van der Waals surface area (Å²) in [6.07, 6.45) is 5.33. The van der Waals surface area contributed by atoms with E-state index in [1.807, 2.05) is 66.0 Å². The van der Waals surface area contributed by atoms with Crippen LogP contribution >= 0.6 is 22.7 Å². The Kier molecular flexibility index (Phi) is 14.4. The summed E-state index contributed by atoms with van der Waals surface area (Å²) in [6.45, 7) is 4.76. The van der Waals surface area contributed by atoms with E-state index in [2.05, 4.69) is 34.8 Å². The minimum Gasteiger partial charge on any atom is -0.444 e. The van der Waals surface area contributed by atoms with Crippen LogP contribution in [0.2, 0.25) is 0 Å². The van der Waals surface area contributed by atoms with Gasteiger partial charge < -0.3 is 30.3 Å². The molecule has 272 valence electrons. The quantitative estimate of drug-likeness (QED) is 0.101. The highest BCUT2D eigenvalue weighted by molar-refractivity contribution is 7.09. The molecule has 1 aliphatic rings. The molecular weight excluding hydrogens is 685 g/mol. The van der Waals surface area contributed by atoms with Crippen molar-refractivity contribution in [3.8, 4) is 0 Å². The number of amides is 4. The van der Waals surface area contributed by atoms with E-state index in [0.717, 1.165) is 39.5 Å². The summed E-state index contributed by atoms with van der Waals surface area (Å²) in [5.41, 5.74) is 4.70. The van der Waals surface area contributed by atoms with E-state index in [1.54, 1.807) is 27.9 Å². The molecule has 0 unspecified atom stereocenters. The number of carbonyl (C=O) groups excluding carboxylic acids is 3. The third-order valence-electron chi connectivity index (χ3n) is 8.60. The fourth-order valence-corrected chi connectivity index (χ4v) is 7.11. The zero-order valence-electron chi connectivity index (χ0n) is 29.5. The lowest BCUT2D eigenvalue weighted by Gasteiger charge is -2.28. The number of thiazole rings is 2. The predicted molar refractivity (Wildman–Crippen MR) is 200 cm³/mol. The highest BCUT2D eigenvalue weighted by Gasteiger charge is 2.35. The van der Waals surface area contributed by atoms with Crippen LogP contribution in [0.4, 0.5) is 9.59 Å². The molecule has 11 nitrogen and oxygen atoms in total. The molecule has 13 heteroatoms. The minimum absolute atomic E-state index is 0.0200. The fourth-order valence-electron chi connectivity index (χ4n) is 5.78. The number of benzene rings is 2. The second-order valence-electron chi connectivity index (χ2n) is 13.2. The van der Waals surface area contributed by atoms with Gasteiger partial charge in [-0.05, 0) is 49.7 Å². The summed E-state index contributed by atoms with van der Waals surface area (Å²) in [7, 11) is 1.52. The maximum atomic E-state index is 13.9. The number of urea groups is 1.